The molecule has 4 N–H and O–H groups in total. The summed E-state index contributed by atoms with van der Waals surface area (Å²) >= 11 is 0. The summed E-state index contributed by atoms with van der Waals surface area (Å²) in [6.45, 7) is 0. The summed E-state index contributed by atoms with van der Waals surface area (Å²) in [7, 11) is 0. The molecule has 0 bridgehead atoms. The fraction of sp³-hybridized carbons (Fsp3) is 0. The summed E-state index contributed by atoms with van der Waals surface area (Å²) in [6.07, 6.45) is 0. The van der Waals surface area contributed by atoms with E-state index >= 15 is 0 Å². The van der Waals surface area contributed by atoms with Gasteiger partial charge in [-0.3, -0.25) is 4.79 Å². The molecule has 0 saturated heterocycles. The van der Waals surface area contributed by atoms with Crippen LogP contribution >= 0.6 is 0 Å². The lowest BCUT2D eigenvalue weighted by Gasteiger charge is -2.09. The highest BCUT2D eigenvalue weighted by Gasteiger charge is 2.20. The number of benzene rings is 3. The molecule has 0 saturated carbocycles. The quantitative estimate of drug-likeness (QED) is 0.372. The number of carboxylic acids is 4. The lowest BCUT2D eigenvalue weighted by atomic mass is 9.98. The molecule has 0 aromatic heterocycles. The van der Waals surface area contributed by atoms with Gasteiger partial charge < -0.3 is 25.2 Å². The largest absolute Gasteiger partial charge is 0.478 e. The van der Waals surface area contributed by atoms with Gasteiger partial charge in [0.15, 0.2) is 5.78 Å². The second kappa shape index (κ2) is 9.02. The molecule has 0 aliphatic heterocycles. The first-order valence-electron chi connectivity index (χ1n) is 9.12. The molecule has 10 nitrogen and oxygen atoms in total. The maximum atomic E-state index is 12.7. The summed E-state index contributed by atoms with van der Waals surface area (Å²) in [5, 5.41) is 36.5. The number of hydrogen-bond donors (Lipinski definition) is 4. The topological polar surface area (TPSA) is 176 Å². The van der Waals surface area contributed by atoms with Crippen LogP contribution in [0.25, 0.3) is 0 Å². The van der Waals surface area contributed by atoms with Gasteiger partial charge in [-0.1, -0.05) is 6.07 Å². The highest BCUT2D eigenvalue weighted by molar-refractivity contribution is 6.11. The van der Waals surface area contributed by atoms with Crippen molar-refractivity contribution in [3.63, 3.8) is 0 Å². The maximum Gasteiger partial charge on any atom is 0.336 e. The van der Waals surface area contributed by atoms with Crippen LogP contribution in [-0.2, 0) is 0 Å². The van der Waals surface area contributed by atoms with Crippen LogP contribution in [0.4, 0.5) is 0 Å². The molecule has 0 unspecified atom stereocenters. The SMILES string of the molecule is O=C(c1ccc(Oc2ccc(C(=O)O)c(C(=O)O)c2)cc1)c1ccc(C(=O)O)c(C(=O)O)c1. The summed E-state index contributed by atoms with van der Waals surface area (Å²) in [5.41, 5.74) is -1.68. The van der Waals surface area contributed by atoms with E-state index in [0.29, 0.717) is 0 Å². The zero-order valence-corrected chi connectivity index (χ0v) is 16.5. The molecule has 0 fully saturated rings. The number of carbonyl (C=O) groups excluding carboxylic acids is 1. The highest BCUT2D eigenvalue weighted by Crippen LogP contribution is 2.25. The maximum absolute atomic E-state index is 12.7. The minimum atomic E-state index is -1.49. The lowest BCUT2D eigenvalue weighted by Crippen LogP contribution is -2.11. The Labute approximate surface area is 184 Å². The Morgan fingerprint density at radius 3 is 1.42 bits per heavy atom. The number of aromatic carboxylic acids is 4. The third-order valence-electron chi connectivity index (χ3n) is 4.55. The van der Waals surface area contributed by atoms with E-state index < -0.39 is 51.9 Å². The van der Waals surface area contributed by atoms with Crippen molar-refractivity contribution in [3.05, 3.63) is 94.0 Å². The molecule has 0 spiro atoms. The Balaban J connectivity index is 1.84. The first-order valence-corrected chi connectivity index (χ1v) is 9.12. The predicted octanol–water partition coefficient (Wildman–Crippen LogP) is 3.50. The minimum Gasteiger partial charge on any atom is -0.478 e. The van der Waals surface area contributed by atoms with Crippen LogP contribution in [0.2, 0.25) is 0 Å². The van der Waals surface area contributed by atoms with Gasteiger partial charge in [0.2, 0.25) is 0 Å². The normalized spacial score (nSPS) is 10.3. The first-order chi connectivity index (χ1) is 15.6. The van der Waals surface area contributed by atoms with E-state index in [-0.39, 0.29) is 22.6 Å². The molecule has 0 heterocycles. The molecule has 33 heavy (non-hydrogen) atoms. The summed E-state index contributed by atoms with van der Waals surface area (Å²) in [5.74, 6) is -6.03. The zero-order chi connectivity index (χ0) is 24.3. The van der Waals surface area contributed by atoms with Crippen LogP contribution < -0.4 is 4.74 Å². The van der Waals surface area contributed by atoms with Gasteiger partial charge in [-0.05, 0) is 54.6 Å². The van der Waals surface area contributed by atoms with Gasteiger partial charge in [-0.2, -0.15) is 0 Å². The van der Waals surface area contributed by atoms with Gasteiger partial charge in [-0.15, -0.1) is 0 Å². The van der Waals surface area contributed by atoms with Gasteiger partial charge in [0.05, 0.1) is 22.3 Å². The third-order valence-corrected chi connectivity index (χ3v) is 4.55. The van der Waals surface area contributed by atoms with Crippen LogP contribution in [0.1, 0.15) is 57.4 Å². The van der Waals surface area contributed by atoms with Crippen molar-refractivity contribution in [3.8, 4) is 11.5 Å². The Kier molecular flexibility index (Phi) is 6.20. The number of hydrogen-bond acceptors (Lipinski definition) is 6. The van der Waals surface area contributed by atoms with Crippen molar-refractivity contribution in [1.82, 2.24) is 0 Å². The average Bonchev–Trinajstić information content (AvgIpc) is 2.78. The summed E-state index contributed by atoms with van der Waals surface area (Å²) < 4.78 is 5.53. The van der Waals surface area contributed by atoms with E-state index in [9.17, 15) is 34.2 Å². The highest BCUT2D eigenvalue weighted by atomic mass is 16.5. The van der Waals surface area contributed by atoms with Gasteiger partial charge in [0.1, 0.15) is 11.5 Å². The molecule has 0 radical (unpaired) electrons. The van der Waals surface area contributed by atoms with E-state index in [1.54, 1.807) is 0 Å². The molecule has 166 valence electrons. The third kappa shape index (κ3) is 4.85. The van der Waals surface area contributed by atoms with E-state index in [2.05, 4.69) is 0 Å². The number of carbonyl (C=O) groups is 5. The van der Waals surface area contributed by atoms with E-state index in [1.807, 2.05) is 0 Å². The summed E-state index contributed by atoms with van der Waals surface area (Å²) in [6, 6.07) is 12.2. The predicted molar refractivity (Wildman–Crippen MR) is 111 cm³/mol. The van der Waals surface area contributed by atoms with Crippen LogP contribution in [0.3, 0.4) is 0 Å². The molecule has 0 aliphatic rings. The number of rotatable bonds is 8. The van der Waals surface area contributed by atoms with E-state index in [0.717, 1.165) is 24.3 Å². The Hall–Kier alpha value is -4.99. The molecular formula is C23H14O10. The minimum absolute atomic E-state index is 0.0265. The molecular weight excluding hydrogens is 436 g/mol. The molecule has 0 aliphatic carbocycles. The van der Waals surface area contributed by atoms with Crippen molar-refractivity contribution in [2.45, 2.75) is 0 Å². The zero-order valence-electron chi connectivity index (χ0n) is 16.5. The van der Waals surface area contributed by atoms with Gasteiger partial charge >= 0.3 is 23.9 Å². The van der Waals surface area contributed by atoms with E-state index in [1.165, 1.54) is 36.4 Å². The monoisotopic (exact) mass is 450 g/mol. The van der Waals surface area contributed by atoms with Crippen molar-refractivity contribution in [2.75, 3.05) is 0 Å². The molecule has 0 amide bonds. The Morgan fingerprint density at radius 1 is 0.485 bits per heavy atom. The summed E-state index contributed by atoms with van der Waals surface area (Å²) in [4.78, 5) is 57.6. The van der Waals surface area contributed by atoms with Crippen molar-refractivity contribution in [1.29, 1.82) is 0 Å². The average molecular weight is 450 g/mol. The smallest absolute Gasteiger partial charge is 0.336 e. The van der Waals surface area contributed by atoms with Crippen molar-refractivity contribution >= 4 is 29.7 Å². The van der Waals surface area contributed by atoms with Crippen LogP contribution in [0, 0.1) is 0 Å². The molecule has 3 aromatic carbocycles. The second-order valence-corrected chi connectivity index (χ2v) is 6.64. The van der Waals surface area contributed by atoms with E-state index in [4.69, 9.17) is 14.9 Å². The Morgan fingerprint density at radius 2 is 0.909 bits per heavy atom. The fourth-order valence-electron chi connectivity index (χ4n) is 2.98. The number of ether oxygens (including phenoxy) is 1. The van der Waals surface area contributed by atoms with Crippen LogP contribution in [0.5, 0.6) is 11.5 Å². The fourth-order valence-corrected chi connectivity index (χ4v) is 2.98. The van der Waals surface area contributed by atoms with Crippen LogP contribution in [0.15, 0.2) is 60.7 Å². The second-order valence-electron chi connectivity index (χ2n) is 6.64. The Bertz CT molecular complexity index is 1310. The molecule has 3 rings (SSSR count). The van der Waals surface area contributed by atoms with Crippen molar-refractivity contribution < 1.29 is 49.1 Å². The van der Waals surface area contributed by atoms with Gasteiger partial charge in [0.25, 0.3) is 0 Å². The first kappa shape index (κ1) is 22.7. The molecule has 3 aromatic rings. The number of ketones is 1. The lowest BCUT2D eigenvalue weighted by molar-refractivity contribution is 0.0651. The van der Waals surface area contributed by atoms with Crippen LogP contribution in [-0.4, -0.2) is 50.1 Å². The number of carboxylic acid groups (broad SMARTS) is 4. The molecule has 0 atom stereocenters. The van der Waals surface area contributed by atoms with Gasteiger partial charge in [0, 0.05) is 11.1 Å². The standard InChI is InChI=1S/C23H14O10/c24-19(12-3-7-15(20(25)26)17(9-12)22(29)30)11-1-4-13(5-2-11)33-14-6-8-16(21(27)28)18(10-14)23(31)32/h1-10H,(H,25,26)(H,27,28)(H,29,30)(H,31,32). The molecule has 10 heteroatoms. The van der Waals surface area contributed by atoms with Crippen molar-refractivity contribution in [2.24, 2.45) is 0 Å². The van der Waals surface area contributed by atoms with Gasteiger partial charge in [-0.25, -0.2) is 19.2 Å².